The maximum absolute atomic E-state index is 12.9. The lowest BCUT2D eigenvalue weighted by Crippen LogP contribution is -2.51. The van der Waals surface area contributed by atoms with E-state index in [1.54, 1.807) is 45.0 Å². The highest BCUT2D eigenvalue weighted by atomic mass is 35.5. The van der Waals surface area contributed by atoms with Crippen molar-refractivity contribution in [1.29, 1.82) is 5.26 Å². The normalized spacial score (nSPS) is 17.6. The molecular weight excluding hydrogens is 452 g/mol. The van der Waals surface area contributed by atoms with E-state index in [0.717, 1.165) is 5.39 Å². The van der Waals surface area contributed by atoms with E-state index in [4.69, 9.17) is 16.9 Å². The molecule has 8 nitrogen and oxygen atoms in total. The highest BCUT2D eigenvalue weighted by molar-refractivity contribution is 7.89. The molecule has 0 aliphatic carbocycles. The van der Waals surface area contributed by atoms with Crippen LogP contribution in [0.15, 0.2) is 41.3 Å². The van der Waals surface area contributed by atoms with Crippen LogP contribution in [0.25, 0.3) is 10.8 Å². The number of rotatable bonds is 7. The molecule has 32 heavy (non-hydrogen) atoms. The molecule has 1 heterocycles. The molecule has 10 heteroatoms. The van der Waals surface area contributed by atoms with Gasteiger partial charge in [0.2, 0.25) is 21.8 Å². The van der Waals surface area contributed by atoms with Crippen LogP contribution in [0.4, 0.5) is 0 Å². The minimum absolute atomic E-state index is 0.0442. The maximum Gasteiger partial charge on any atom is 0.246 e. The first-order valence-corrected chi connectivity index (χ1v) is 12.1. The number of hydrogen-bond donors (Lipinski definition) is 1. The van der Waals surface area contributed by atoms with Gasteiger partial charge in [-0.15, -0.1) is 0 Å². The van der Waals surface area contributed by atoms with Gasteiger partial charge in [0.05, 0.1) is 11.0 Å². The molecule has 1 N–H and O–H groups in total. The van der Waals surface area contributed by atoms with E-state index in [-0.39, 0.29) is 36.4 Å². The summed E-state index contributed by atoms with van der Waals surface area (Å²) in [5.41, 5.74) is 0. The van der Waals surface area contributed by atoms with Crippen molar-refractivity contribution in [2.75, 3.05) is 13.1 Å². The number of benzene rings is 2. The van der Waals surface area contributed by atoms with E-state index in [2.05, 4.69) is 4.72 Å². The van der Waals surface area contributed by atoms with Gasteiger partial charge in [0.15, 0.2) is 0 Å². The Kier molecular flexibility index (Phi) is 7.08. The number of nitrogens with zero attached hydrogens (tertiary/aromatic N) is 3. The van der Waals surface area contributed by atoms with Crippen LogP contribution in [0.3, 0.4) is 0 Å². The first-order chi connectivity index (χ1) is 15.0. The van der Waals surface area contributed by atoms with Crippen LogP contribution in [0, 0.1) is 11.3 Å². The van der Waals surface area contributed by atoms with E-state index in [1.807, 2.05) is 6.07 Å². The van der Waals surface area contributed by atoms with Crippen LogP contribution in [0.1, 0.15) is 27.2 Å². The number of fused-ring (bicyclic) bond motifs is 1. The Bertz CT molecular complexity index is 1190. The monoisotopic (exact) mass is 476 g/mol. The Labute approximate surface area is 192 Å². The molecule has 0 saturated carbocycles. The molecule has 170 valence electrons. The largest absolute Gasteiger partial charge is 0.329 e. The van der Waals surface area contributed by atoms with E-state index in [0.29, 0.717) is 10.4 Å². The van der Waals surface area contributed by atoms with Crippen LogP contribution in [-0.2, 0) is 19.6 Å². The zero-order valence-electron chi connectivity index (χ0n) is 18.1. The van der Waals surface area contributed by atoms with Crippen LogP contribution in [-0.4, -0.2) is 61.2 Å². The second-order valence-corrected chi connectivity index (χ2v) is 10.2. The molecule has 0 radical (unpaired) electrons. The third-order valence-electron chi connectivity index (χ3n) is 5.59. The molecular formula is C22H25ClN4O4S. The molecule has 0 spiro atoms. The Morgan fingerprint density at radius 3 is 2.56 bits per heavy atom. The number of hydrogen-bond acceptors (Lipinski definition) is 5. The second-order valence-electron chi connectivity index (χ2n) is 8.04. The second kappa shape index (κ2) is 9.45. The fourth-order valence-corrected chi connectivity index (χ4v) is 5.22. The number of carbonyl (C=O) groups excluding carboxylic acids is 2. The average molecular weight is 477 g/mol. The average Bonchev–Trinajstić information content (AvgIpc) is 3.09. The van der Waals surface area contributed by atoms with Crippen molar-refractivity contribution >= 4 is 44.2 Å². The fourth-order valence-electron chi connectivity index (χ4n) is 3.78. The molecule has 2 aromatic rings. The van der Waals surface area contributed by atoms with Gasteiger partial charge in [-0.1, -0.05) is 23.7 Å². The summed E-state index contributed by atoms with van der Waals surface area (Å²) in [5, 5.41) is 11.1. The van der Waals surface area contributed by atoms with Crippen molar-refractivity contribution in [3.63, 3.8) is 0 Å². The number of amides is 2. The number of halogens is 1. The summed E-state index contributed by atoms with van der Waals surface area (Å²) in [6.07, 6.45) is 0.249. The zero-order valence-corrected chi connectivity index (χ0v) is 19.7. The standard InChI is InChI=1S/C22H25ClN4O4S/c1-14(2)26(11-9-24)21(28)15(3)27-10-8-20(22(27)29)25-32(30,31)19-7-5-16-12-18(23)6-4-17(16)13-19/h4-7,12-15,20,25H,8,10-11H2,1-3H3/t15-,20-/m0/s1. The summed E-state index contributed by atoms with van der Waals surface area (Å²) < 4.78 is 28.3. The predicted octanol–water partition coefficient (Wildman–Crippen LogP) is 2.52. The van der Waals surface area contributed by atoms with E-state index >= 15 is 0 Å². The predicted molar refractivity (Wildman–Crippen MR) is 121 cm³/mol. The van der Waals surface area contributed by atoms with Gasteiger partial charge in [-0.3, -0.25) is 9.59 Å². The van der Waals surface area contributed by atoms with Crippen LogP contribution in [0.2, 0.25) is 5.02 Å². The Morgan fingerprint density at radius 2 is 1.91 bits per heavy atom. The molecule has 3 rings (SSSR count). The molecule has 1 fully saturated rings. The molecule has 2 amide bonds. The van der Waals surface area contributed by atoms with Gasteiger partial charge in [-0.25, -0.2) is 8.42 Å². The Hall–Kier alpha value is -2.67. The highest BCUT2D eigenvalue weighted by Gasteiger charge is 2.40. The van der Waals surface area contributed by atoms with Crippen molar-refractivity contribution in [1.82, 2.24) is 14.5 Å². The lowest BCUT2D eigenvalue weighted by Gasteiger charge is -2.31. The quantitative estimate of drug-likeness (QED) is 0.617. The summed E-state index contributed by atoms with van der Waals surface area (Å²) in [6, 6.07) is 9.82. The van der Waals surface area contributed by atoms with Crippen molar-refractivity contribution in [3.8, 4) is 6.07 Å². The van der Waals surface area contributed by atoms with Gasteiger partial charge in [-0.05, 0) is 62.2 Å². The molecule has 1 saturated heterocycles. The van der Waals surface area contributed by atoms with Gasteiger partial charge in [0.1, 0.15) is 18.6 Å². The Morgan fingerprint density at radius 1 is 1.25 bits per heavy atom. The SMILES string of the molecule is CC(C)N(CC#N)C(=O)[C@H](C)N1CC[C@H](NS(=O)(=O)c2ccc3cc(Cl)ccc3c2)C1=O. The number of sulfonamides is 1. The molecule has 1 aliphatic heterocycles. The van der Waals surface area contributed by atoms with Gasteiger partial charge < -0.3 is 9.80 Å². The minimum Gasteiger partial charge on any atom is -0.329 e. The molecule has 1 aliphatic rings. The third-order valence-corrected chi connectivity index (χ3v) is 7.30. The minimum atomic E-state index is -3.95. The van der Waals surface area contributed by atoms with Crippen molar-refractivity contribution < 1.29 is 18.0 Å². The molecule has 0 unspecified atom stereocenters. The summed E-state index contributed by atoms with van der Waals surface area (Å²) in [5.74, 6) is -0.797. The van der Waals surface area contributed by atoms with Crippen molar-refractivity contribution in [3.05, 3.63) is 41.4 Å². The number of nitriles is 1. The lowest BCUT2D eigenvalue weighted by atomic mass is 10.1. The summed E-state index contributed by atoms with van der Waals surface area (Å²) in [7, 11) is -3.95. The highest BCUT2D eigenvalue weighted by Crippen LogP contribution is 2.24. The first kappa shape index (κ1) is 24.0. The molecule has 0 aromatic heterocycles. The fraction of sp³-hybridized carbons (Fsp3) is 0.409. The summed E-state index contributed by atoms with van der Waals surface area (Å²) in [6.45, 7) is 5.35. The van der Waals surface area contributed by atoms with Crippen LogP contribution >= 0.6 is 11.6 Å². The van der Waals surface area contributed by atoms with Crippen LogP contribution in [0.5, 0.6) is 0 Å². The number of nitrogens with one attached hydrogen (secondary N) is 1. The molecule has 2 atom stereocenters. The van der Waals surface area contributed by atoms with Crippen molar-refractivity contribution in [2.45, 2.75) is 50.2 Å². The van der Waals surface area contributed by atoms with E-state index < -0.39 is 28.0 Å². The van der Waals surface area contributed by atoms with E-state index in [9.17, 15) is 18.0 Å². The topological polar surface area (TPSA) is 111 Å². The van der Waals surface area contributed by atoms with Gasteiger partial charge in [0.25, 0.3) is 0 Å². The van der Waals surface area contributed by atoms with Gasteiger partial charge >= 0.3 is 0 Å². The zero-order chi connectivity index (χ0) is 23.6. The van der Waals surface area contributed by atoms with Gasteiger partial charge in [0, 0.05) is 17.6 Å². The van der Waals surface area contributed by atoms with Crippen LogP contribution < -0.4 is 4.72 Å². The maximum atomic E-state index is 12.9. The third kappa shape index (κ3) is 4.88. The Balaban J connectivity index is 1.75. The summed E-state index contributed by atoms with van der Waals surface area (Å²) >= 11 is 5.98. The smallest absolute Gasteiger partial charge is 0.246 e. The first-order valence-electron chi connectivity index (χ1n) is 10.2. The van der Waals surface area contributed by atoms with E-state index in [1.165, 1.54) is 21.9 Å². The number of likely N-dealkylation sites (tertiary alicyclic amines) is 1. The van der Waals surface area contributed by atoms with Crippen molar-refractivity contribution in [2.24, 2.45) is 0 Å². The van der Waals surface area contributed by atoms with Gasteiger partial charge in [-0.2, -0.15) is 9.98 Å². The molecule has 0 bridgehead atoms. The lowest BCUT2D eigenvalue weighted by molar-refractivity contribution is -0.144. The molecule has 2 aromatic carbocycles. The summed E-state index contributed by atoms with van der Waals surface area (Å²) in [4.78, 5) is 28.5. The number of carbonyl (C=O) groups is 2.